The van der Waals surface area contributed by atoms with Crippen LogP contribution in [-0.2, 0) is 111 Å². The molecule has 746 valence electrons. The molecule has 0 aromatic heterocycles. The van der Waals surface area contributed by atoms with Gasteiger partial charge in [0.2, 0.25) is 53.9 Å². The fourth-order valence-electron chi connectivity index (χ4n) is 15.8. The number of rotatable bonds is 31. The Labute approximate surface area is 808 Å². The second-order valence-corrected chi connectivity index (χ2v) is 39.1. The molecule has 0 radical (unpaired) electrons. The van der Waals surface area contributed by atoms with E-state index in [2.05, 4.69) is 37.2 Å². The van der Waals surface area contributed by atoms with Gasteiger partial charge in [0.15, 0.2) is 0 Å². The molecule has 39 heteroatoms. The molecule has 0 saturated carbocycles. The van der Waals surface area contributed by atoms with Gasteiger partial charge < -0.3 is 111 Å². The lowest BCUT2D eigenvalue weighted by atomic mass is 9.85. The van der Waals surface area contributed by atoms with E-state index in [0.717, 1.165) is 16.7 Å². The van der Waals surface area contributed by atoms with Gasteiger partial charge >= 0.3 is 36.1 Å². The number of amides is 11. The van der Waals surface area contributed by atoms with E-state index in [1.54, 1.807) is 55.4 Å². The van der Waals surface area contributed by atoms with Gasteiger partial charge in [-0.2, -0.15) is 0 Å². The number of carboxylic acids is 1. The molecule has 137 heavy (non-hydrogen) atoms. The number of nitrogens with one attached hydrogen (secondary N) is 7. The second-order valence-electron chi connectivity index (χ2n) is 38.3. The van der Waals surface area contributed by atoms with Crippen LogP contribution < -0.4 is 48.7 Å². The zero-order valence-corrected chi connectivity index (χ0v) is 81.7. The van der Waals surface area contributed by atoms with Gasteiger partial charge in [0.1, 0.15) is 84.5 Å². The van der Waals surface area contributed by atoms with Gasteiger partial charge in [-0.25, -0.2) is 14.4 Å². The van der Waals surface area contributed by atoms with Crippen molar-refractivity contribution in [2.75, 3.05) is 37.6 Å². The van der Waals surface area contributed by atoms with E-state index in [9.17, 15) is 76.7 Å². The molecule has 11 amide bonds. The minimum Gasteiger partial charge on any atom is -0.481 e. The number of carbonyl (C=O) groups excluding carboxylic acids is 15. The number of aldehydes is 1. The molecule has 37 nitrogen and oxygen atoms in total. The molecule has 0 bridgehead atoms. The topological polar surface area (TPSA) is 507 Å². The molecule has 6 aliphatic rings. The van der Waals surface area contributed by atoms with Crippen LogP contribution in [0.3, 0.4) is 0 Å². The number of cyclic esters (lactones) is 2. The number of nitrogens with zero attached hydrogens (tertiary/aromatic N) is 4. The summed E-state index contributed by atoms with van der Waals surface area (Å²) in [6.45, 7) is 29.0. The molecular formula is C98H131Cl2N13O24. The van der Waals surface area contributed by atoms with Crippen molar-refractivity contribution in [1.29, 1.82) is 0 Å². The fraction of sp³-hybridized carbons (Fsp3) is 0.531. The van der Waals surface area contributed by atoms with E-state index < -0.39 is 168 Å². The first-order chi connectivity index (χ1) is 64.5. The molecule has 13 atom stereocenters. The van der Waals surface area contributed by atoms with Crippen molar-refractivity contribution < 1.29 is 115 Å². The number of halogens is 2. The number of nitrogen functional groups attached to an aromatic ring is 2. The number of anilines is 2. The van der Waals surface area contributed by atoms with Crippen LogP contribution in [0, 0.1) is 23.2 Å². The van der Waals surface area contributed by atoms with Crippen LogP contribution in [0.1, 0.15) is 212 Å². The Hall–Kier alpha value is -12.5. The lowest BCUT2D eigenvalue weighted by Gasteiger charge is -2.35. The average Bonchev–Trinajstić information content (AvgIpc) is 1.72. The van der Waals surface area contributed by atoms with Crippen LogP contribution in [0.25, 0.3) is 0 Å². The van der Waals surface area contributed by atoms with Gasteiger partial charge in [0, 0.05) is 37.3 Å². The Morgan fingerprint density at radius 1 is 0.460 bits per heavy atom. The van der Waals surface area contributed by atoms with E-state index in [-0.39, 0.29) is 95.2 Å². The van der Waals surface area contributed by atoms with Crippen molar-refractivity contribution >= 4 is 130 Å². The highest BCUT2D eigenvalue weighted by Gasteiger charge is 2.48. The normalized spacial score (nSPS) is 20.1. The van der Waals surface area contributed by atoms with Crippen LogP contribution in [0.4, 0.5) is 21.0 Å². The first-order valence-electron chi connectivity index (χ1n) is 45.9. The highest BCUT2D eigenvalue weighted by molar-refractivity contribution is 6.34. The third-order valence-electron chi connectivity index (χ3n) is 22.9. The number of benzene rings is 5. The predicted octanol–water partition coefficient (Wildman–Crippen LogP) is 9.63. The first-order valence-corrected chi connectivity index (χ1v) is 46.7. The Balaban J connectivity index is 0.000000226. The van der Waals surface area contributed by atoms with Crippen LogP contribution in [-0.4, -0.2) is 237 Å². The average molecular weight is 1950 g/mol. The maximum Gasteiger partial charge on any atom is 0.408 e. The van der Waals surface area contributed by atoms with E-state index >= 15 is 0 Å². The molecule has 11 rings (SSSR count). The Bertz CT molecular complexity index is 5050. The maximum atomic E-state index is 13.8. The summed E-state index contributed by atoms with van der Waals surface area (Å²) in [5, 5.41) is 28.2. The number of alkyl carbamates (subject to hydrolysis) is 2. The number of ether oxygens (including phenoxy) is 7. The largest absolute Gasteiger partial charge is 0.481 e. The van der Waals surface area contributed by atoms with Crippen LogP contribution in [0.2, 0.25) is 10.0 Å². The standard InChI is InChI=1S/C29H35ClN4O6.C26H37N3O7.C22H32N2O5.C21H27ClN4O6/c1-29(2,3)24(33-25(36)18-11-12-20(31)19(30)14-18)27(38)34-13-7-10-22(34)26(37)32-21-15-23(35)40-28(21)39-16-17-8-5-4-6-9-17;1-16(2)21(28-25(33)36-26(3,4)5)23(32)29-13-9-12-19(29)22(31)27-18-14-20(30)35-24(18)34-15-17-10-7-6-8-11-17;1-15(2)18(23-21(27)29-22(3,4)5)19(25)24-13-9-12-17(24)20(26)28-14-16-10-7-6-8-11-16;1-11(2)18(25-19(30)12-5-6-15(23)14(22)8-12)21(32)26-7-3-4-16(26)20(31)24-13(10-27)9-17(28)29/h4-6,8-9,11-12,14,21-22,24,28H,7,10,13,15-16,31H2,1-3H3,(H,32,37)(H,33,36);6-8,10-11,16,18-19,21,24H,9,12-15H2,1-5H3,(H,27,31)(H,28,33);6-8,10-11,15,17-18H,9,12-14H2,1-5H3,(H,23,27);5-6,8,10-11,13,16,18H,3-4,7,9,23H2,1-2H3,(H,24,31)(H,25,30)(H,28,29)/t21?,22?,24-,28?;18?,19?,21-,24?;17-,18-;13-,16?,18-/m1000/s1. The number of carbonyl (C=O) groups is 16. The summed E-state index contributed by atoms with van der Waals surface area (Å²) in [6, 6.07) is 28.2. The molecule has 6 heterocycles. The molecular weight excluding hydrogens is 1810 g/mol. The molecule has 12 N–H and O–H groups in total. The van der Waals surface area contributed by atoms with E-state index in [4.69, 9.17) is 72.9 Å². The summed E-state index contributed by atoms with van der Waals surface area (Å²) in [4.78, 5) is 207. The number of hydrogen-bond donors (Lipinski definition) is 10. The molecule has 7 unspecified atom stereocenters. The zero-order chi connectivity index (χ0) is 101. The fourth-order valence-corrected chi connectivity index (χ4v) is 16.2. The van der Waals surface area contributed by atoms with Gasteiger partial charge in [-0.15, -0.1) is 0 Å². The predicted molar refractivity (Wildman–Crippen MR) is 505 cm³/mol. The van der Waals surface area contributed by atoms with Gasteiger partial charge in [-0.1, -0.05) is 177 Å². The van der Waals surface area contributed by atoms with Crippen molar-refractivity contribution in [1.82, 2.24) is 56.8 Å². The van der Waals surface area contributed by atoms with Crippen molar-refractivity contribution in [3.05, 3.63) is 165 Å². The highest BCUT2D eigenvalue weighted by atomic mass is 35.5. The molecule has 5 aromatic carbocycles. The number of aliphatic carboxylic acids is 1. The van der Waals surface area contributed by atoms with Crippen LogP contribution in [0.15, 0.2) is 127 Å². The Kier molecular flexibility index (Phi) is 40.5. The van der Waals surface area contributed by atoms with Gasteiger partial charge in [-0.3, -0.25) is 57.5 Å². The second kappa shape index (κ2) is 50.6. The van der Waals surface area contributed by atoms with Gasteiger partial charge in [-0.05, 0) is 169 Å². The Morgan fingerprint density at radius 2 is 0.803 bits per heavy atom. The summed E-state index contributed by atoms with van der Waals surface area (Å²) in [6.07, 6.45) is 0.962. The number of likely N-dealkylation sites (tertiary alicyclic amines) is 4. The van der Waals surface area contributed by atoms with Crippen molar-refractivity contribution in [2.24, 2.45) is 23.2 Å². The quantitative estimate of drug-likeness (QED) is 0.00853. The summed E-state index contributed by atoms with van der Waals surface area (Å²) < 4.78 is 38.1. The lowest BCUT2D eigenvalue weighted by Crippen LogP contribution is -2.58. The monoisotopic (exact) mass is 1940 g/mol. The minimum absolute atomic E-state index is 0.0132. The maximum absolute atomic E-state index is 13.8. The van der Waals surface area contributed by atoms with Crippen molar-refractivity contribution in [2.45, 2.75) is 285 Å². The number of esters is 3. The molecule has 5 aromatic rings. The van der Waals surface area contributed by atoms with Crippen LogP contribution >= 0.6 is 23.2 Å². The summed E-state index contributed by atoms with van der Waals surface area (Å²) in [7, 11) is 0. The van der Waals surface area contributed by atoms with Gasteiger partial charge in [0.05, 0.1) is 59.9 Å². The van der Waals surface area contributed by atoms with E-state index in [1.165, 1.54) is 56.0 Å². The summed E-state index contributed by atoms with van der Waals surface area (Å²) in [5.41, 5.74) is 13.3. The summed E-state index contributed by atoms with van der Waals surface area (Å²) in [5.74, 6) is -7.03. The Morgan fingerprint density at radius 3 is 1.15 bits per heavy atom. The highest BCUT2D eigenvalue weighted by Crippen LogP contribution is 2.32. The molecule has 6 fully saturated rings. The molecule has 6 saturated heterocycles. The number of carboxylic acid groups (broad SMARTS) is 1. The van der Waals surface area contributed by atoms with Gasteiger partial charge in [0.25, 0.3) is 11.8 Å². The molecule has 0 spiro atoms. The third kappa shape index (κ3) is 33.2. The summed E-state index contributed by atoms with van der Waals surface area (Å²) >= 11 is 12.1. The molecule has 0 aliphatic carbocycles. The first kappa shape index (κ1) is 110. The van der Waals surface area contributed by atoms with E-state index in [0.29, 0.717) is 95.2 Å². The van der Waals surface area contributed by atoms with Crippen molar-refractivity contribution in [3.63, 3.8) is 0 Å². The minimum atomic E-state index is -1.23. The zero-order valence-electron chi connectivity index (χ0n) is 80.2. The number of nitrogens with two attached hydrogens (primary N) is 2. The number of hydrogen-bond acceptors (Lipinski definition) is 25. The van der Waals surface area contributed by atoms with Crippen molar-refractivity contribution in [3.8, 4) is 0 Å². The smallest absolute Gasteiger partial charge is 0.408 e. The lowest BCUT2D eigenvalue weighted by molar-refractivity contribution is -0.169. The van der Waals surface area contributed by atoms with Crippen LogP contribution in [0.5, 0.6) is 0 Å². The van der Waals surface area contributed by atoms with E-state index in [1.807, 2.05) is 139 Å². The molecule has 6 aliphatic heterocycles. The SMILES string of the molecule is CC(C)(C)[C@H](NC(=O)c1ccc(N)c(Cl)c1)C(=O)N1CCCC1C(=O)NC1CC(=O)OC1OCc1ccccc1.CC(C)[C@H](NC(=O)OC(C)(C)C)C(=O)N1CCCC1C(=O)NC1CC(=O)OC1OCc1ccccc1.CC(C)[C@H](NC(=O)OC(C)(C)C)C(=O)N1CCC[C@H]1C(=O)OCc1ccccc1.CC(C)[C@H](NC(=O)c1ccc(N)c(Cl)c1)C(=O)N1CCCC1C(=O)N[C@H](C=O)CC(=O)O. The third-order valence-corrected chi connectivity index (χ3v) is 23.5.